The lowest BCUT2D eigenvalue weighted by Gasteiger charge is -2.34. The van der Waals surface area contributed by atoms with E-state index in [-0.39, 0.29) is 12.8 Å². The first-order valence-electron chi connectivity index (χ1n) is 6.74. The third-order valence-corrected chi connectivity index (χ3v) is 3.84. The third-order valence-electron chi connectivity index (χ3n) is 3.84. The normalized spacial score (nSPS) is 18.4. The molecule has 0 amide bonds. The summed E-state index contributed by atoms with van der Waals surface area (Å²) in [5, 5.41) is 0.947. The zero-order chi connectivity index (χ0) is 14.3. The van der Waals surface area contributed by atoms with E-state index in [1.54, 1.807) is 0 Å². The van der Waals surface area contributed by atoms with E-state index in [0.717, 1.165) is 22.3 Å². The smallest absolute Gasteiger partial charge is 0.251 e. The predicted octanol–water partition coefficient (Wildman–Crippen LogP) is 3.36. The number of aromatic nitrogens is 1. The van der Waals surface area contributed by atoms with Gasteiger partial charge in [-0.1, -0.05) is 0 Å². The average Bonchev–Trinajstić information content (AvgIpc) is 2.39. The van der Waals surface area contributed by atoms with Crippen LogP contribution in [-0.4, -0.2) is 24.0 Å². The molecule has 2 aromatic rings. The zero-order valence-corrected chi connectivity index (χ0v) is 11.4. The van der Waals surface area contributed by atoms with Crippen LogP contribution in [0.2, 0.25) is 0 Å². The molecule has 2 heterocycles. The van der Waals surface area contributed by atoms with Crippen LogP contribution in [0.1, 0.15) is 18.5 Å². The van der Waals surface area contributed by atoms with Gasteiger partial charge in [0, 0.05) is 37.0 Å². The number of aryl methyl sites for hydroxylation is 1. The molecule has 1 aromatic carbocycles. The molecule has 0 unspecified atom stereocenters. The monoisotopic (exact) mass is 277 g/mol. The summed E-state index contributed by atoms with van der Waals surface area (Å²) in [6.07, 6.45) is -0.192. The number of nitrogen functional groups attached to an aromatic ring is 1. The number of benzene rings is 1. The number of fused-ring (bicyclic) bond motifs is 1. The molecule has 1 aliphatic rings. The fourth-order valence-electron chi connectivity index (χ4n) is 2.67. The molecule has 0 atom stereocenters. The van der Waals surface area contributed by atoms with E-state index in [4.69, 9.17) is 5.73 Å². The van der Waals surface area contributed by atoms with Gasteiger partial charge in [-0.3, -0.25) is 4.98 Å². The molecule has 1 saturated heterocycles. The number of anilines is 2. The molecular formula is C15H17F2N3. The lowest BCUT2D eigenvalue weighted by molar-refractivity contribution is -0.0220. The minimum Gasteiger partial charge on any atom is -0.399 e. The lowest BCUT2D eigenvalue weighted by atomic mass is 10.0. The Kier molecular flexibility index (Phi) is 3.00. The van der Waals surface area contributed by atoms with E-state index < -0.39 is 5.92 Å². The quantitative estimate of drug-likeness (QED) is 0.813. The Hall–Kier alpha value is -1.91. The van der Waals surface area contributed by atoms with Gasteiger partial charge in [0.2, 0.25) is 0 Å². The van der Waals surface area contributed by atoms with Crippen molar-refractivity contribution in [2.75, 3.05) is 23.7 Å². The molecule has 1 aromatic heterocycles. The van der Waals surface area contributed by atoms with Crippen LogP contribution in [-0.2, 0) is 0 Å². The summed E-state index contributed by atoms with van der Waals surface area (Å²) < 4.78 is 26.5. The number of hydrogen-bond donors (Lipinski definition) is 1. The first-order chi connectivity index (χ1) is 9.44. The summed E-state index contributed by atoms with van der Waals surface area (Å²) in [5.41, 5.74) is 9.14. The number of alkyl halides is 2. The van der Waals surface area contributed by atoms with E-state index in [0.29, 0.717) is 18.8 Å². The van der Waals surface area contributed by atoms with Crippen LogP contribution in [0.25, 0.3) is 10.9 Å². The summed E-state index contributed by atoms with van der Waals surface area (Å²) in [6.45, 7) is 2.64. The van der Waals surface area contributed by atoms with Crippen LogP contribution < -0.4 is 10.6 Å². The Morgan fingerprint density at radius 3 is 2.60 bits per heavy atom. The lowest BCUT2D eigenvalue weighted by Crippen LogP contribution is -2.39. The van der Waals surface area contributed by atoms with Gasteiger partial charge in [0.1, 0.15) is 0 Å². The van der Waals surface area contributed by atoms with Crippen LogP contribution in [0, 0.1) is 6.92 Å². The van der Waals surface area contributed by atoms with Crippen LogP contribution >= 0.6 is 0 Å². The first kappa shape index (κ1) is 13.1. The largest absolute Gasteiger partial charge is 0.399 e. The van der Waals surface area contributed by atoms with Crippen LogP contribution in [0.3, 0.4) is 0 Å². The summed E-state index contributed by atoms with van der Waals surface area (Å²) >= 11 is 0. The molecular weight excluding hydrogens is 260 g/mol. The predicted molar refractivity (Wildman–Crippen MR) is 77.3 cm³/mol. The minimum absolute atomic E-state index is 0.0958. The highest BCUT2D eigenvalue weighted by Gasteiger charge is 2.34. The summed E-state index contributed by atoms with van der Waals surface area (Å²) in [6, 6.07) is 7.56. The number of rotatable bonds is 1. The molecule has 20 heavy (non-hydrogen) atoms. The van der Waals surface area contributed by atoms with Gasteiger partial charge in [-0.05, 0) is 31.2 Å². The maximum Gasteiger partial charge on any atom is 0.251 e. The van der Waals surface area contributed by atoms with Gasteiger partial charge in [-0.2, -0.15) is 0 Å². The number of hydrogen-bond acceptors (Lipinski definition) is 3. The molecule has 1 aliphatic heterocycles. The van der Waals surface area contributed by atoms with Crippen molar-refractivity contribution in [1.29, 1.82) is 0 Å². The number of nitrogens with two attached hydrogens (primary N) is 1. The van der Waals surface area contributed by atoms with Crippen molar-refractivity contribution in [3.8, 4) is 0 Å². The van der Waals surface area contributed by atoms with Gasteiger partial charge in [0.25, 0.3) is 5.92 Å². The molecule has 0 bridgehead atoms. The van der Waals surface area contributed by atoms with Crippen molar-refractivity contribution >= 4 is 22.3 Å². The van der Waals surface area contributed by atoms with E-state index in [1.165, 1.54) is 0 Å². The zero-order valence-electron chi connectivity index (χ0n) is 11.4. The average molecular weight is 277 g/mol. The van der Waals surface area contributed by atoms with Gasteiger partial charge < -0.3 is 10.6 Å². The molecule has 0 radical (unpaired) electrons. The number of piperidine rings is 1. The van der Waals surface area contributed by atoms with E-state index in [1.807, 2.05) is 36.1 Å². The molecule has 0 aliphatic carbocycles. The molecule has 1 fully saturated rings. The molecule has 3 rings (SSSR count). The molecule has 0 spiro atoms. The van der Waals surface area contributed by atoms with E-state index in [2.05, 4.69) is 4.98 Å². The SMILES string of the molecule is Cc1nc2ccc(N)cc2cc1N1CCC(F)(F)CC1. The molecule has 2 N–H and O–H groups in total. The maximum absolute atomic E-state index is 13.2. The molecule has 106 valence electrons. The van der Waals surface area contributed by atoms with Crippen molar-refractivity contribution in [2.24, 2.45) is 0 Å². The van der Waals surface area contributed by atoms with Crippen LogP contribution in [0.4, 0.5) is 20.2 Å². The van der Waals surface area contributed by atoms with E-state index >= 15 is 0 Å². The Bertz CT molecular complexity index is 645. The van der Waals surface area contributed by atoms with Crippen molar-refractivity contribution in [1.82, 2.24) is 4.98 Å². The fraction of sp³-hybridized carbons (Fsp3) is 0.400. The minimum atomic E-state index is -2.53. The number of nitrogens with zero attached hydrogens (tertiary/aromatic N) is 2. The van der Waals surface area contributed by atoms with Gasteiger partial charge in [-0.25, -0.2) is 8.78 Å². The topological polar surface area (TPSA) is 42.1 Å². The Labute approximate surface area is 116 Å². The van der Waals surface area contributed by atoms with Crippen molar-refractivity contribution in [3.63, 3.8) is 0 Å². The number of halogens is 2. The number of pyridine rings is 1. The Morgan fingerprint density at radius 1 is 1.20 bits per heavy atom. The van der Waals surface area contributed by atoms with E-state index in [9.17, 15) is 8.78 Å². The summed E-state index contributed by atoms with van der Waals surface area (Å²) in [7, 11) is 0. The molecule has 5 heteroatoms. The van der Waals surface area contributed by atoms with Gasteiger partial charge in [-0.15, -0.1) is 0 Å². The second-order valence-corrected chi connectivity index (χ2v) is 5.39. The standard InChI is InChI=1S/C15H17F2N3/c1-10-14(20-6-4-15(16,17)5-7-20)9-11-8-12(18)2-3-13(11)19-10/h2-3,8-9H,4-7,18H2,1H3. The van der Waals surface area contributed by atoms with Gasteiger partial charge in [0.15, 0.2) is 0 Å². The van der Waals surface area contributed by atoms with Crippen LogP contribution in [0.5, 0.6) is 0 Å². The summed E-state index contributed by atoms with van der Waals surface area (Å²) in [4.78, 5) is 6.53. The highest BCUT2D eigenvalue weighted by molar-refractivity contribution is 5.85. The Morgan fingerprint density at radius 2 is 1.90 bits per heavy atom. The maximum atomic E-state index is 13.2. The fourth-order valence-corrected chi connectivity index (χ4v) is 2.67. The Balaban J connectivity index is 1.97. The van der Waals surface area contributed by atoms with Crippen molar-refractivity contribution in [2.45, 2.75) is 25.7 Å². The summed E-state index contributed by atoms with van der Waals surface area (Å²) in [5.74, 6) is -2.53. The van der Waals surface area contributed by atoms with Gasteiger partial charge >= 0.3 is 0 Å². The van der Waals surface area contributed by atoms with Crippen molar-refractivity contribution in [3.05, 3.63) is 30.0 Å². The van der Waals surface area contributed by atoms with Crippen LogP contribution in [0.15, 0.2) is 24.3 Å². The second-order valence-electron chi connectivity index (χ2n) is 5.39. The third kappa shape index (κ3) is 2.40. The highest BCUT2D eigenvalue weighted by atomic mass is 19.3. The first-order valence-corrected chi connectivity index (χ1v) is 6.74. The highest BCUT2D eigenvalue weighted by Crippen LogP contribution is 2.32. The van der Waals surface area contributed by atoms with Crippen molar-refractivity contribution < 1.29 is 8.78 Å². The molecule has 0 saturated carbocycles. The second kappa shape index (κ2) is 4.58. The van der Waals surface area contributed by atoms with Gasteiger partial charge in [0.05, 0.1) is 16.9 Å². The molecule has 3 nitrogen and oxygen atoms in total.